The van der Waals surface area contributed by atoms with Gasteiger partial charge in [-0.05, 0) is 42.4 Å². The van der Waals surface area contributed by atoms with E-state index in [0.29, 0.717) is 6.42 Å². The molecular weight excluding hydrogens is 176 g/mol. The molecule has 1 atom stereocenters. The molecule has 0 saturated carbocycles. The van der Waals surface area contributed by atoms with Crippen molar-refractivity contribution >= 4 is 0 Å². The number of benzene rings is 1. The molecule has 1 aliphatic carbocycles. The van der Waals surface area contributed by atoms with Gasteiger partial charge >= 0.3 is 0 Å². The average Bonchev–Trinajstić information content (AvgIpc) is 2.20. The van der Waals surface area contributed by atoms with Gasteiger partial charge in [0, 0.05) is 6.61 Å². The highest BCUT2D eigenvalue weighted by atomic mass is 16.3. The molecule has 0 aliphatic heterocycles. The number of aryl methyl sites for hydroxylation is 1. The lowest BCUT2D eigenvalue weighted by Gasteiger charge is -2.21. The van der Waals surface area contributed by atoms with Crippen LogP contribution in [0.25, 0.3) is 0 Å². The molecule has 0 heterocycles. The van der Waals surface area contributed by atoms with Crippen LogP contribution in [-0.2, 0) is 12.8 Å². The van der Waals surface area contributed by atoms with Crippen molar-refractivity contribution in [2.24, 2.45) is 0 Å². The van der Waals surface area contributed by atoms with Gasteiger partial charge < -0.3 is 10.2 Å². The number of aliphatic hydroxyl groups is 2. The standard InChI is InChI=1S/C12H16O2/c13-7-6-9-4-5-10-2-1-3-12(14)11(10)8-9/h4-5,8,12-14H,1-3,6-7H2. The fourth-order valence-electron chi connectivity index (χ4n) is 2.11. The maximum absolute atomic E-state index is 9.79. The maximum Gasteiger partial charge on any atom is 0.0792 e. The smallest absolute Gasteiger partial charge is 0.0792 e. The van der Waals surface area contributed by atoms with E-state index >= 15 is 0 Å². The van der Waals surface area contributed by atoms with Gasteiger partial charge in [0.1, 0.15) is 0 Å². The van der Waals surface area contributed by atoms with E-state index in [2.05, 4.69) is 6.07 Å². The van der Waals surface area contributed by atoms with Crippen molar-refractivity contribution in [2.75, 3.05) is 6.61 Å². The summed E-state index contributed by atoms with van der Waals surface area (Å²) in [4.78, 5) is 0. The summed E-state index contributed by atoms with van der Waals surface area (Å²) in [6.45, 7) is 0.175. The number of aliphatic hydroxyl groups excluding tert-OH is 2. The molecule has 1 unspecified atom stereocenters. The zero-order chi connectivity index (χ0) is 9.97. The Kier molecular flexibility index (Phi) is 2.85. The van der Waals surface area contributed by atoms with Crippen LogP contribution in [0.1, 0.15) is 35.6 Å². The zero-order valence-corrected chi connectivity index (χ0v) is 8.24. The second kappa shape index (κ2) is 4.11. The number of hydrogen-bond acceptors (Lipinski definition) is 2. The Morgan fingerprint density at radius 2 is 2.21 bits per heavy atom. The second-order valence-electron chi connectivity index (χ2n) is 3.91. The lowest BCUT2D eigenvalue weighted by Crippen LogP contribution is -2.09. The van der Waals surface area contributed by atoms with Crippen LogP contribution in [0.15, 0.2) is 18.2 Å². The van der Waals surface area contributed by atoms with E-state index in [1.54, 1.807) is 0 Å². The minimum Gasteiger partial charge on any atom is -0.396 e. The third-order valence-electron chi connectivity index (χ3n) is 2.89. The molecule has 0 spiro atoms. The summed E-state index contributed by atoms with van der Waals surface area (Å²) in [5, 5.41) is 18.6. The fraction of sp³-hybridized carbons (Fsp3) is 0.500. The van der Waals surface area contributed by atoms with Gasteiger partial charge in [0.2, 0.25) is 0 Å². The first-order chi connectivity index (χ1) is 6.81. The molecule has 14 heavy (non-hydrogen) atoms. The van der Waals surface area contributed by atoms with Crippen LogP contribution in [-0.4, -0.2) is 16.8 Å². The summed E-state index contributed by atoms with van der Waals surface area (Å²) in [5.41, 5.74) is 3.46. The molecule has 0 bridgehead atoms. The molecule has 76 valence electrons. The van der Waals surface area contributed by atoms with Crippen LogP contribution in [0, 0.1) is 0 Å². The Labute approximate surface area is 84.2 Å². The highest BCUT2D eigenvalue weighted by Crippen LogP contribution is 2.30. The van der Waals surface area contributed by atoms with Crippen molar-refractivity contribution in [3.8, 4) is 0 Å². The summed E-state index contributed by atoms with van der Waals surface area (Å²) < 4.78 is 0. The van der Waals surface area contributed by atoms with Crippen LogP contribution in [0.4, 0.5) is 0 Å². The van der Waals surface area contributed by atoms with Gasteiger partial charge in [-0.25, -0.2) is 0 Å². The molecular formula is C12H16O2. The summed E-state index contributed by atoms with van der Waals surface area (Å²) in [6.07, 6.45) is 3.41. The van der Waals surface area contributed by atoms with Crippen LogP contribution < -0.4 is 0 Å². The fourth-order valence-corrected chi connectivity index (χ4v) is 2.11. The van der Waals surface area contributed by atoms with Crippen molar-refractivity contribution in [1.82, 2.24) is 0 Å². The van der Waals surface area contributed by atoms with Crippen LogP contribution in [0.5, 0.6) is 0 Å². The van der Waals surface area contributed by atoms with Crippen LogP contribution in [0.2, 0.25) is 0 Å². The van der Waals surface area contributed by atoms with Gasteiger partial charge in [0.05, 0.1) is 6.10 Å². The minimum absolute atomic E-state index is 0.175. The van der Waals surface area contributed by atoms with Crippen molar-refractivity contribution in [1.29, 1.82) is 0 Å². The Morgan fingerprint density at radius 3 is 3.00 bits per heavy atom. The molecule has 0 radical (unpaired) electrons. The highest BCUT2D eigenvalue weighted by molar-refractivity contribution is 5.35. The molecule has 0 amide bonds. The normalized spacial score (nSPS) is 20.6. The Bertz CT molecular complexity index is 320. The minimum atomic E-state index is -0.294. The molecule has 2 nitrogen and oxygen atoms in total. The lowest BCUT2D eigenvalue weighted by molar-refractivity contribution is 0.156. The van der Waals surface area contributed by atoms with Crippen molar-refractivity contribution in [3.05, 3.63) is 34.9 Å². The van der Waals surface area contributed by atoms with Gasteiger partial charge in [-0.15, -0.1) is 0 Å². The SMILES string of the molecule is OCCc1ccc2c(c1)C(O)CCC2. The molecule has 0 fully saturated rings. The lowest BCUT2D eigenvalue weighted by atomic mass is 9.88. The number of hydrogen-bond donors (Lipinski definition) is 2. The number of rotatable bonds is 2. The molecule has 1 aromatic rings. The average molecular weight is 192 g/mol. The van der Waals surface area contributed by atoms with Crippen molar-refractivity contribution in [3.63, 3.8) is 0 Å². The summed E-state index contributed by atoms with van der Waals surface area (Å²) in [6, 6.07) is 6.17. The Balaban J connectivity index is 2.31. The van der Waals surface area contributed by atoms with Crippen molar-refractivity contribution in [2.45, 2.75) is 31.8 Å². The molecule has 2 rings (SSSR count). The monoisotopic (exact) mass is 192 g/mol. The largest absolute Gasteiger partial charge is 0.396 e. The van der Waals surface area contributed by atoms with E-state index in [0.717, 1.165) is 30.4 Å². The third-order valence-corrected chi connectivity index (χ3v) is 2.89. The van der Waals surface area contributed by atoms with E-state index in [9.17, 15) is 5.11 Å². The van der Waals surface area contributed by atoms with Crippen molar-refractivity contribution < 1.29 is 10.2 Å². The summed E-state index contributed by atoms with van der Waals surface area (Å²) in [5.74, 6) is 0. The Hall–Kier alpha value is -0.860. The van der Waals surface area contributed by atoms with Gasteiger partial charge in [-0.1, -0.05) is 18.2 Å². The molecule has 1 aromatic carbocycles. The van der Waals surface area contributed by atoms with Gasteiger partial charge in [0.15, 0.2) is 0 Å². The van der Waals surface area contributed by atoms with E-state index < -0.39 is 0 Å². The van der Waals surface area contributed by atoms with Crippen LogP contribution in [0.3, 0.4) is 0 Å². The van der Waals surface area contributed by atoms with E-state index in [-0.39, 0.29) is 12.7 Å². The molecule has 0 saturated heterocycles. The molecule has 1 aliphatic rings. The molecule has 0 aromatic heterocycles. The first kappa shape index (κ1) is 9.69. The first-order valence-electron chi connectivity index (χ1n) is 5.22. The first-order valence-corrected chi connectivity index (χ1v) is 5.22. The summed E-state index contributed by atoms with van der Waals surface area (Å²) in [7, 11) is 0. The second-order valence-corrected chi connectivity index (χ2v) is 3.91. The maximum atomic E-state index is 9.79. The molecule has 2 N–H and O–H groups in total. The summed E-state index contributed by atoms with van der Waals surface area (Å²) >= 11 is 0. The van der Waals surface area contributed by atoms with E-state index in [1.807, 2.05) is 12.1 Å². The van der Waals surface area contributed by atoms with E-state index in [4.69, 9.17) is 5.11 Å². The Morgan fingerprint density at radius 1 is 1.36 bits per heavy atom. The topological polar surface area (TPSA) is 40.5 Å². The quantitative estimate of drug-likeness (QED) is 0.747. The molecule has 2 heteroatoms. The third kappa shape index (κ3) is 1.81. The van der Waals surface area contributed by atoms with Gasteiger partial charge in [-0.3, -0.25) is 0 Å². The number of fused-ring (bicyclic) bond motifs is 1. The zero-order valence-electron chi connectivity index (χ0n) is 8.24. The van der Waals surface area contributed by atoms with E-state index in [1.165, 1.54) is 5.56 Å². The predicted molar refractivity (Wildman–Crippen MR) is 55.1 cm³/mol. The van der Waals surface area contributed by atoms with Gasteiger partial charge in [-0.2, -0.15) is 0 Å². The van der Waals surface area contributed by atoms with Gasteiger partial charge in [0.25, 0.3) is 0 Å². The predicted octanol–water partition coefficient (Wildman–Crippen LogP) is 1.59. The van der Waals surface area contributed by atoms with Crippen LogP contribution >= 0.6 is 0 Å². The highest BCUT2D eigenvalue weighted by Gasteiger charge is 2.17.